The monoisotopic (exact) mass is 327 g/mol. The van der Waals surface area contributed by atoms with Crippen LogP contribution in [0.15, 0.2) is 22.7 Å². The van der Waals surface area contributed by atoms with Crippen LogP contribution in [-0.4, -0.2) is 30.3 Å². The van der Waals surface area contributed by atoms with E-state index < -0.39 is 6.10 Å². The van der Waals surface area contributed by atoms with Crippen LogP contribution in [0.2, 0.25) is 0 Å². The third kappa shape index (κ3) is 4.51. The summed E-state index contributed by atoms with van der Waals surface area (Å²) in [4.78, 5) is 11.6. The summed E-state index contributed by atoms with van der Waals surface area (Å²) in [6.07, 6.45) is 1.70. The number of hydrogen-bond acceptors (Lipinski definition) is 3. The number of benzene rings is 1. The normalized spacial score (nSPS) is 15.9. The van der Waals surface area contributed by atoms with Crippen molar-refractivity contribution in [3.63, 3.8) is 0 Å². The van der Waals surface area contributed by atoms with E-state index >= 15 is 0 Å². The molecule has 1 atom stereocenters. The molecule has 2 N–H and O–H groups in total. The molecule has 1 unspecified atom stereocenters. The predicted octanol–water partition coefficient (Wildman–Crippen LogP) is 2.02. The molecule has 1 amide bonds. The molecule has 0 aliphatic heterocycles. The third-order valence-electron chi connectivity index (χ3n) is 3.12. The van der Waals surface area contributed by atoms with Crippen molar-refractivity contribution in [3.8, 4) is 5.75 Å². The number of aliphatic hydroxyl groups excluding tert-OH is 1. The van der Waals surface area contributed by atoms with Gasteiger partial charge in [0.2, 0.25) is 0 Å². The van der Waals surface area contributed by atoms with Crippen molar-refractivity contribution in [3.05, 3.63) is 28.2 Å². The molecule has 1 saturated carbocycles. The molecule has 0 spiro atoms. The Balaban J connectivity index is 1.73. The minimum absolute atomic E-state index is 0.0426. The standard InChI is InChI=1S/C14H18BrNO3/c1-9-2-5-13(11(15)6-9)19-8-14(18)16-7-12(17)10-3-4-10/h2,5-6,10,12,17H,3-4,7-8H2,1H3,(H,16,18). The van der Waals surface area contributed by atoms with Gasteiger partial charge in [-0.1, -0.05) is 6.07 Å². The Morgan fingerprint density at radius 3 is 2.95 bits per heavy atom. The van der Waals surface area contributed by atoms with Crippen LogP contribution in [-0.2, 0) is 4.79 Å². The molecule has 5 heteroatoms. The molecule has 0 bridgehead atoms. The molecule has 1 aromatic carbocycles. The van der Waals surface area contributed by atoms with E-state index in [0.717, 1.165) is 22.9 Å². The highest BCUT2D eigenvalue weighted by atomic mass is 79.9. The Morgan fingerprint density at radius 2 is 2.32 bits per heavy atom. The number of nitrogens with one attached hydrogen (secondary N) is 1. The summed E-state index contributed by atoms with van der Waals surface area (Å²) >= 11 is 3.39. The van der Waals surface area contributed by atoms with Crippen LogP contribution in [0, 0.1) is 12.8 Å². The molecule has 2 rings (SSSR count). The lowest BCUT2D eigenvalue weighted by molar-refractivity contribution is -0.123. The van der Waals surface area contributed by atoms with Gasteiger partial charge in [-0.2, -0.15) is 0 Å². The molecule has 1 aliphatic rings. The Bertz CT molecular complexity index is 460. The number of amides is 1. The number of aliphatic hydroxyl groups is 1. The second-order valence-electron chi connectivity index (χ2n) is 4.93. The van der Waals surface area contributed by atoms with Crippen molar-refractivity contribution in [1.29, 1.82) is 0 Å². The second-order valence-corrected chi connectivity index (χ2v) is 5.79. The van der Waals surface area contributed by atoms with E-state index in [9.17, 15) is 9.90 Å². The highest BCUT2D eigenvalue weighted by Gasteiger charge is 2.29. The summed E-state index contributed by atoms with van der Waals surface area (Å²) < 4.78 is 6.25. The van der Waals surface area contributed by atoms with Crippen molar-refractivity contribution >= 4 is 21.8 Å². The second kappa shape index (κ2) is 6.39. The average molecular weight is 328 g/mol. The van der Waals surface area contributed by atoms with Gasteiger partial charge in [0.1, 0.15) is 5.75 Å². The maximum Gasteiger partial charge on any atom is 0.258 e. The lowest BCUT2D eigenvalue weighted by Crippen LogP contribution is -2.36. The van der Waals surface area contributed by atoms with Crippen molar-refractivity contribution in [2.24, 2.45) is 5.92 Å². The minimum Gasteiger partial charge on any atom is -0.483 e. The maximum atomic E-state index is 11.6. The Morgan fingerprint density at radius 1 is 1.58 bits per heavy atom. The summed E-state index contributed by atoms with van der Waals surface area (Å²) in [5.41, 5.74) is 1.12. The third-order valence-corrected chi connectivity index (χ3v) is 3.74. The van der Waals surface area contributed by atoms with E-state index in [-0.39, 0.29) is 12.5 Å². The number of carbonyl (C=O) groups is 1. The van der Waals surface area contributed by atoms with Crippen molar-refractivity contribution in [1.82, 2.24) is 5.32 Å². The first kappa shape index (κ1) is 14.3. The van der Waals surface area contributed by atoms with Crippen molar-refractivity contribution in [2.45, 2.75) is 25.9 Å². The zero-order valence-electron chi connectivity index (χ0n) is 10.9. The SMILES string of the molecule is Cc1ccc(OCC(=O)NCC(O)C2CC2)c(Br)c1. The smallest absolute Gasteiger partial charge is 0.258 e. The molecule has 0 heterocycles. The fraction of sp³-hybridized carbons (Fsp3) is 0.500. The molecule has 1 aromatic rings. The molecule has 0 saturated heterocycles. The number of halogens is 1. The highest BCUT2D eigenvalue weighted by Crippen LogP contribution is 2.32. The Hall–Kier alpha value is -1.07. The van der Waals surface area contributed by atoms with E-state index in [1.165, 1.54) is 0 Å². The summed E-state index contributed by atoms with van der Waals surface area (Å²) in [6.45, 7) is 2.25. The Labute approximate surface area is 121 Å². The molecule has 1 fully saturated rings. The predicted molar refractivity (Wildman–Crippen MR) is 76.1 cm³/mol. The molecular formula is C14H18BrNO3. The van der Waals surface area contributed by atoms with Crippen LogP contribution in [0.1, 0.15) is 18.4 Å². The molecule has 104 valence electrons. The zero-order chi connectivity index (χ0) is 13.8. The van der Waals surface area contributed by atoms with Crippen LogP contribution in [0.25, 0.3) is 0 Å². The van der Waals surface area contributed by atoms with E-state index in [0.29, 0.717) is 18.2 Å². The van der Waals surface area contributed by atoms with Gasteiger partial charge >= 0.3 is 0 Å². The maximum absolute atomic E-state index is 11.6. The van der Waals surface area contributed by atoms with Crippen molar-refractivity contribution in [2.75, 3.05) is 13.2 Å². The first-order chi connectivity index (χ1) is 9.06. The van der Waals surface area contributed by atoms with Gasteiger partial charge in [0.25, 0.3) is 5.91 Å². The molecule has 4 nitrogen and oxygen atoms in total. The quantitative estimate of drug-likeness (QED) is 0.840. The number of aryl methyl sites for hydroxylation is 1. The van der Waals surface area contributed by atoms with Gasteiger partial charge < -0.3 is 15.2 Å². The summed E-state index contributed by atoms with van der Waals surface area (Å²) in [5, 5.41) is 12.3. The fourth-order valence-electron chi connectivity index (χ4n) is 1.78. The first-order valence-electron chi connectivity index (χ1n) is 6.40. The van der Waals surface area contributed by atoms with Gasteiger partial charge in [0, 0.05) is 6.54 Å². The van der Waals surface area contributed by atoms with Gasteiger partial charge in [0.05, 0.1) is 10.6 Å². The number of ether oxygens (including phenoxy) is 1. The fourth-order valence-corrected chi connectivity index (χ4v) is 2.39. The summed E-state index contributed by atoms with van der Waals surface area (Å²) in [5.74, 6) is 0.795. The molecule has 1 aliphatic carbocycles. The van der Waals surface area contributed by atoms with Crippen LogP contribution in [0.4, 0.5) is 0 Å². The lowest BCUT2D eigenvalue weighted by Gasteiger charge is -2.12. The van der Waals surface area contributed by atoms with Crippen molar-refractivity contribution < 1.29 is 14.6 Å². The van der Waals surface area contributed by atoms with E-state index in [1.54, 1.807) is 0 Å². The lowest BCUT2D eigenvalue weighted by atomic mass is 10.2. The Kier molecular flexibility index (Phi) is 4.82. The van der Waals surface area contributed by atoms with Gasteiger partial charge in [-0.05, 0) is 59.3 Å². The van der Waals surface area contributed by atoms with Gasteiger partial charge in [-0.25, -0.2) is 0 Å². The minimum atomic E-state index is -0.421. The molecule has 0 aromatic heterocycles. The largest absolute Gasteiger partial charge is 0.483 e. The number of carbonyl (C=O) groups excluding carboxylic acids is 1. The molecular weight excluding hydrogens is 310 g/mol. The summed E-state index contributed by atoms with van der Waals surface area (Å²) in [7, 11) is 0. The average Bonchev–Trinajstić information content (AvgIpc) is 3.19. The zero-order valence-corrected chi connectivity index (χ0v) is 12.4. The van der Waals surface area contributed by atoms with Crippen LogP contribution >= 0.6 is 15.9 Å². The highest BCUT2D eigenvalue weighted by molar-refractivity contribution is 9.10. The van der Waals surface area contributed by atoms with Gasteiger partial charge in [-0.3, -0.25) is 4.79 Å². The van der Waals surface area contributed by atoms with Gasteiger partial charge in [-0.15, -0.1) is 0 Å². The molecule has 19 heavy (non-hydrogen) atoms. The van der Waals surface area contributed by atoms with Crippen LogP contribution in [0.3, 0.4) is 0 Å². The topological polar surface area (TPSA) is 58.6 Å². The summed E-state index contributed by atoms with van der Waals surface area (Å²) in [6, 6.07) is 5.69. The number of rotatable bonds is 6. The van der Waals surface area contributed by atoms with Gasteiger partial charge in [0.15, 0.2) is 6.61 Å². The van der Waals surface area contributed by atoms with E-state index in [2.05, 4.69) is 21.2 Å². The number of hydrogen-bond donors (Lipinski definition) is 2. The van der Waals surface area contributed by atoms with Crippen LogP contribution in [0.5, 0.6) is 5.75 Å². The first-order valence-corrected chi connectivity index (χ1v) is 7.19. The molecule has 0 radical (unpaired) electrons. The van der Waals surface area contributed by atoms with E-state index in [1.807, 2.05) is 25.1 Å². The van der Waals surface area contributed by atoms with Crippen LogP contribution < -0.4 is 10.1 Å². The van der Waals surface area contributed by atoms with E-state index in [4.69, 9.17) is 4.74 Å².